The second-order valence-electron chi connectivity index (χ2n) is 5.04. The van der Waals surface area contributed by atoms with Gasteiger partial charge in [-0.05, 0) is 38.5 Å². The molecule has 0 saturated carbocycles. The van der Waals surface area contributed by atoms with Gasteiger partial charge in [-0.3, -0.25) is 19.3 Å². The van der Waals surface area contributed by atoms with Crippen molar-refractivity contribution in [3.8, 4) is 0 Å². The summed E-state index contributed by atoms with van der Waals surface area (Å²) in [5.74, 6) is -2.47. The van der Waals surface area contributed by atoms with Crippen LogP contribution in [0.25, 0.3) is 0 Å². The number of fused-ring (bicyclic) bond motifs is 1. The predicted octanol–water partition coefficient (Wildman–Crippen LogP) is 1.75. The van der Waals surface area contributed by atoms with E-state index in [0.29, 0.717) is 0 Å². The summed E-state index contributed by atoms with van der Waals surface area (Å²) in [6, 6.07) is 2.31. The van der Waals surface area contributed by atoms with E-state index in [-0.39, 0.29) is 35.5 Å². The minimum Gasteiger partial charge on any atom is -0.300 e. The average Bonchev–Trinajstić information content (AvgIpc) is 2.63. The molecule has 0 fully saturated rings. The van der Waals surface area contributed by atoms with Gasteiger partial charge in [0.15, 0.2) is 5.78 Å². The van der Waals surface area contributed by atoms with Crippen molar-refractivity contribution in [2.45, 2.75) is 32.7 Å². The predicted molar refractivity (Wildman–Crippen MR) is 71.3 cm³/mol. The Labute approximate surface area is 120 Å². The van der Waals surface area contributed by atoms with Crippen LogP contribution in [-0.2, 0) is 9.59 Å². The van der Waals surface area contributed by atoms with E-state index in [0.717, 1.165) is 17.0 Å². The number of hydrogen-bond donors (Lipinski definition) is 0. The van der Waals surface area contributed by atoms with Crippen LogP contribution < -0.4 is 0 Å². The zero-order valence-electron chi connectivity index (χ0n) is 11.7. The molecule has 0 aromatic heterocycles. The molecule has 5 nitrogen and oxygen atoms in total. The lowest BCUT2D eigenvalue weighted by atomic mass is 10.0. The third-order valence-electron chi connectivity index (χ3n) is 3.43. The van der Waals surface area contributed by atoms with Crippen molar-refractivity contribution in [3.05, 3.63) is 35.1 Å². The summed E-state index contributed by atoms with van der Waals surface area (Å²) in [7, 11) is 0. The molecule has 2 amide bonds. The smallest absolute Gasteiger partial charge is 0.262 e. The van der Waals surface area contributed by atoms with E-state index in [1.54, 1.807) is 0 Å². The van der Waals surface area contributed by atoms with Gasteiger partial charge in [-0.2, -0.15) is 0 Å². The van der Waals surface area contributed by atoms with E-state index >= 15 is 0 Å². The van der Waals surface area contributed by atoms with E-state index < -0.39 is 23.7 Å². The number of rotatable bonds is 5. The van der Waals surface area contributed by atoms with Crippen LogP contribution >= 0.6 is 0 Å². The van der Waals surface area contributed by atoms with Crippen molar-refractivity contribution in [2.75, 3.05) is 0 Å². The zero-order valence-corrected chi connectivity index (χ0v) is 11.7. The number of benzene rings is 1. The SMILES string of the molecule is CC(=O)CCC(C(C)=O)N1C(=O)c2ccc(F)cc2C1=O. The van der Waals surface area contributed by atoms with E-state index in [9.17, 15) is 23.6 Å². The number of amides is 2. The highest BCUT2D eigenvalue weighted by atomic mass is 19.1. The van der Waals surface area contributed by atoms with Crippen LogP contribution in [0.15, 0.2) is 18.2 Å². The van der Waals surface area contributed by atoms with E-state index in [1.807, 2.05) is 0 Å². The minimum absolute atomic E-state index is 0.0472. The maximum atomic E-state index is 13.2. The van der Waals surface area contributed by atoms with Gasteiger partial charge >= 0.3 is 0 Å². The fourth-order valence-corrected chi connectivity index (χ4v) is 2.37. The molecule has 1 unspecified atom stereocenters. The zero-order chi connectivity index (χ0) is 15.7. The summed E-state index contributed by atoms with van der Waals surface area (Å²) in [5.41, 5.74) is 0.0320. The molecule has 1 heterocycles. The number of hydrogen-bond acceptors (Lipinski definition) is 4. The summed E-state index contributed by atoms with van der Waals surface area (Å²) < 4.78 is 13.2. The van der Waals surface area contributed by atoms with Crippen molar-refractivity contribution in [2.24, 2.45) is 0 Å². The summed E-state index contributed by atoms with van der Waals surface area (Å²) in [6.07, 6.45) is 0.171. The fourth-order valence-electron chi connectivity index (χ4n) is 2.37. The number of Topliss-reactive ketones (excluding diaryl/α,β-unsaturated/α-hetero) is 2. The first kappa shape index (κ1) is 15.0. The molecule has 1 aliphatic rings. The Bertz CT molecular complexity index is 653. The molecule has 110 valence electrons. The molecule has 1 aromatic carbocycles. The third-order valence-corrected chi connectivity index (χ3v) is 3.43. The van der Waals surface area contributed by atoms with Crippen LogP contribution in [0.3, 0.4) is 0 Å². The maximum Gasteiger partial charge on any atom is 0.262 e. The van der Waals surface area contributed by atoms with Crippen LogP contribution in [-0.4, -0.2) is 34.3 Å². The van der Waals surface area contributed by atoms with Crippen LogP contribution in [0.5, 0.6) is 0 Å². The van der Waals surface area contributed by atoms with E-state index in [2.05, 4.69) is 0 Å². The average molecular weight is 291 g/mol. The largest absolute Gasteiger partial charge is 0.300 e. The topological polar surface area (TPSA) is 71.5 Å². The lowest BCUT2D eigenvalue weighted by Crippen LogP contribution is -2.44. The Kier molecular flexibility index (Phi) is 3.97. The molecule has 1 aliphatic heterocycles. The summed E-state index contributed by atoms with van der Waals surface area (Å²) in [6.45, 7) is 2.63. The molecule has 0 radical (unpaired) electrons. The highest BCUT2D eigenvalue weighted by Gasteiger charge is 2.41. The fraction of sp³-hybridized carbons (Fsp3) is 0.333. The highest BCUT2D eigenvalue weighted by molar-refractivity contribution is 6.22. The lowest BCUT2D eigenvalue weighted by Gasteiger charge is -2.23. The van der Waals surface area contributed by atoms with Crippen molar-refractivity contribution < 1.29 is 23.6 Å². The normalized spacial score (nSPS) is 15.1. The molecule has 1 atom stereocenters. The number of carbonyl (C=O) groups excluding carboxylic acids is 4. The Hall–Kier alpha value is -2.37. The first-order valence-electron chi connectivity index (χ1n) is 6.50. The molecule has 6 heteroatoms. The van der Waals surface area contributed by atoms with Gasteiger partial charge in [0, 0.05) is 6.42 Å². The summed E-state index contributed by atoms with van der Waals surface area (Å²) in [5, 5.41) is 0. The number of halogens is 1. The Morgan fingerprint density at radius 2 is 1.76 bits per heavy atom. The second-order valence-corrected chi connectivity index (χ2v) is 5.04. The van der Waals surface area contributed by atoms with Crippen LogP contribution in [0.2, 0.25) is 0 Å². The first-order chi connectivity index (χ1) is 9.82. The highest BCUT2D eigenvalue weighted by Crippen LogP contribution is 2.27. The van der Waals surface area contributed by atoms with E-state index in [4.69, 9.17) is 0 Å². The number of nitrogens with zero attached hydrogens (tertiary/aromatic N) is 1. The summed E-state index contributed by atoms with van der Waals surface area (Å²) in [4.78, 5) is 48.1. The van der Waals surface area contributed by atoms with Gasteiger partial charge in [-0.25, -0.2) is 4.39 Å². The van der Waals surface area contributed by atoms with Crippen LogP contribution in [0, 0.1) is 5.82 Å². The van der Waals surface area contributed by atoms with Gasteiger partial charge in [-0.1, -0.05) is 0 Å². The molecule has 0 saturated heterocycles. The Morgan fingerprint density at radius 1 is 1.14 bits per heavy atom. The molecular formula is C15H14FNO4. The second kappa shape index (κ2) is 5.55. The monoisotopic (exact) mass is 291 g/mol. The first-order valence-corrected chi connectivity index (χ1v) is 6.50. The van der Waals surface area contributed by atoms with Gasteiger partial charge < -0.3 is 4.79 Å². The molecule has 0 bridgehead atoms. The number of ketones is 2. The standard InChI is InChI=1S/C15H14FNO4/c1-8(18)3-6-13(9(2)19)17-14(20)11-5-4-10(16)7-12(11)15(17)21/h4-5,7,13H,3,6H2,1-2H3. The van der Waals surface area contributed by atoms with Gasteiger partial charge in [0.2, 0.25) is 0 Å². The summed E-state index contributed by atoms with van der Waals surface area (Å²) >= 11 is 0. The molecule has 0 spiro atoms. The maximum absolute atomic E-state index is 13.2. The van der Waals surface area contributed by atoms with Crippen LogP contribution in [0.4, 0.5) is 4.39 Å². The number of imide groups is 1. The molecule has 21 heavy (non-hydrogen) atoms. The van der Waals surface area contributed by atoms with E-state index in [1.165, 1.54) is 19.9 Å². The molecule has 2 rings (SSSR count). The quantitative estimate of drug-likeness (QED) is 0.775. The molecule has 1 aromatic rings. The van der Waals surface area contributed by atoms with Crippen molar-refractivity contribution in [1.29, 1.82) is 0 Å². The Morgan fingerprint density at radius 3 is 2.33 bits per heavy atom. The van der Waals surface area contributed by atoms with Gasteiger partial charge in [0.05, 0.1) is 17.2 Å². The van der Waals surface area contributed by atoms with Crippen molar-refractivity contribution in [3.63, 3.8) is 0 Å². The third kappa shape index (κ3) is 2.74. The molecule has 0 N–H and O–H groups in total. The Balaban J connectivity index is 2.36. The molecule has 0 aliphatic carbocycles. The lowest BCUT2D eigenvalue weighted by molar-refractivity contribution is -0.121. The number of carbonyl (C=O) groups is 4. The van der Waals surface area contributed by atoms with Crippen LogP contribution in [0.1, 0.15) is 47.4 Å². The van der Waals surface area contributed by atoms with Gasteiger partial charge in [0.1, 0.15) is 11.6 Å². The van der Waals surface area contributed by atoms with Crippen molar-refractivity contribution in [1.82, 2.24) is 4.90 Å². The van der Waals surface area contributed by atoms with Gasteiger partial charge in [-0.15, -0.1) is 0 Å². The van der Waals surface area contributed by atoms with Crippen molar-refractivity contribution >= 4 is 23.4 Å². The molecular weight excluding hydrogens is 277 g/mol. The minimum atomic E-state index is -0.996. The van der Waals surface area contributed by atoms with Gasteiger partial charge in [0.25, 0.3) is 11.8 Å².